The molecule has 0 radical (unpaired) electrons. The van der Waals surface area contributed by atoms with Gasteiger partial charge in [0.15, 0.2) is 0 Å². The predicted octanol–water partition coefficient (Wildman–Crippen LogP) is 5.54. The van der Waals surface area contributed by atoms with Crippen LogP contribution in [0.1, 0.15) is 78.6 Å². The second-order valence-corrected chi connectivity index (χ2v) is 9.02. The first-order chi connectivity index (χ1) is 10.3. The summed E-state index contributed by atoms with van der Waals surface area (Å²) in [5.41, 5.74) is 0. The minimum atomic E-state index is -1.36. The van der Waals surface area contributed by atoms with Crippen molar-refractivity contribution in [1.82, 2.24) is 0 Å². The van der Waals surface area contributed by atoms with Crippen molar-refractivity contribution in [2.45, 2.75) is 84.6 Å². The Morgan fingerprint density at radius 1 is 0.667 bits per heavy atom. The molecule has 0 aliphatic heterocycles. The molecule has 0 aliphatic rings. The fourth-order valence-corrected chi connectivity index (χ4v) is 5.21. The van der Waals surface area contributed by atoms with Crippen molar-refractivity contribution < 1.29 is 8.85 Å². The van der Waals surface area contributed by atoms with Gasteiger partial charge < -0.3 is 8.85 Å². The van der Waals surface area contributed by atoms with Crippen molar-refractivity contribution in [3.63, 3.8) is 0 Å². The van der Waals surface area contributed by atoms with Gasteiger partial charge in [0.05, 0.1) is 0 Å². The van der Waals surface area contributed by atoms with Gasteiger partial charge in [-0.05, 0) is 43.2 Å². The molecule has 0 spiro atoms. The van der Waals surface area contributed by atoms with Crippen LogP contribution in [0.5, 0.6) is 0 Å². The van der Waals surface area contributed by atoms with Crippen LogP contribution in [0.15, 0.2) is 0 Å². The van der Waals surface area contributed by atoms with E-state index in [1.165, 1.54) is 62.5 Å². The van der Waals surface area contributed by atoms with E-state index in [2.05, 4.69) is 32.5 Å². The molecular formula is C17H38O2SSi. The molecule has 0 saturated carbocycles. The molecular weight excluding hydrogens is 296 g/mol. The average molecular weight is 335 g/mol. The Bertz CT molecular complexity index is 186. The molecule has 0 saturated heterocycles. The van der Waals surface area contributed by atoms with Crippen LogP contribution >= 0.6 is 11.8 Å². The normalized spacial score (nSPS) is 11.4. The summed E-state index contributed by atoms with van der Waals surface area (Å²) in [6.07, 6.45) is 11.8. The van der Waals surface area contributed by atoms with E-state index in [0.717, 1.165) is 26.1 Å². The van der Waals surface area contributed by atoms with Crippen LogP contribution in [-0.4, -0.2) is 34.0 Å². The summed E-state index contributed by atoms with van der Waals surface area (Å²) < 4.78 is 11.8. The van der Waals surface area contributed by atoms with E-state index < -0.39 is 9.28 Å². The monoisotopic (exact) mass is 334 g/mol. The van der Waals surface area contributed by atoms with Gasteiger partial charge in [-0.15, -0.1) is 0 Å². The zero-order valence-electron chi connectivity index (χ0n) is 14.7. The molecule has 128 valence electrons. The molecule has 21 heavy (non-hydrogen) atoms. The number of unbranched alkanes of at least 4 members (excludes halogenated alkanes) is 5. The number of rotatable bonds is 17. The van der Waals surface area contributed by atoms with Crippen molar-refractivity contribution in [1.29, 1.82) is 0 Å². The molecule has 0 unspecified atom stereocenters. The molecule has 0 N–H and O–H groups in total. The topological polar surface area (TPSA) is 18.5 Å². The van der Waals surface area contributed by atoms with E-state index in [1.54, 1.807) is 0 Å². The Morgan fingerprint density at radius 3 is 1.81 bits per heavy atom. The maximum Gasteiger partial charge on any atom is 0.321 e. The van der Waals surface area contributed by atoms with Crippen LogP contribution in [0.4, 0.5) is 0 Å². The van der Waals surface area contributed by atoms with Gasteiger partial charge in [-0.2, -0.15) is 11.8 Å². The summed E-state index contributed by atoms with van der Waals surface area (Å²) in [4.78, 5) is 0. The van der Waals surface area contributed by atoms with Gasteiger partial charge in [0, 0.05) is 13.2 Å². The SMILES string of the molecule is CCCCCCCSCCCC[SiH](OCCC)OCCC. The lowest BCUT2D eigenvalue weighted by Crippen LogP contribution is -2.23. The standard InChI is InChI=1S/C17H38O2SSi/c1-4-7-8-9-10-15-20-16-11-12-17-21(18-13-5-2)19-14-6-3/h21H,4-17H2,1-3H3. The van der Waals surface area contributed by atoms with Crippen molar-refractivity contribution in [3.05, 3.63) is 0 Å². The van der Waals surface area contributed by atoms with E-state index in [9.17, 15) is 0 Å². The van der Waals surface area contributed by atoms with Crippen LogP contribution in [0, 0.1) is 0 Å². The third-order valence-electron chi connectivity index (χ3n) is 3.39. The van der Waals surface area contributed by atoms with Gasteiger partial charge in [0.25, 0.3) is 0 Å². The minimum absolute atomic E-state index is 0.882. The van der Waals surface area contributed by atoms with Gasteiger partial charge >= 0.3 is 9.28 Å². The molecule has 0 heterocycles. The summed E-state index contributed by atoms with van der Waals surface area (Å²) >= 11 is 2.13. The van der Waals surface area contributed by atoms with E-state index in [0.29, 0.717) is 0 Å². The lowest BCUT2D eigenvalue weighted by atomic mass is 10.2. The largest absolute Gasteiger partial charge is 0.397 e. The molecule has 0 bridgehead atoms. The predicted molar refractivity (Wildman–Crippen MR) is 99.8 cm³/mol. The molecule has 0 amide bonds. The van der Waals surface area contributed by atoms with Gasteiger partial charge in [-0.1, -0.05) is 52.9 Å². The smallest absolute Gasteiger partial charge is 0.321 e. The summed E-state index contributed by atoms with van der Waals surface area (Å²) in [6.45, 7) is 8.38. The lowest BCUT2D eigenvalue weighted by Gasteiger charge is -2.15. The van der Waals surface area contributed by atoms with Crippen LogP contribution in [0.3, 0.4) is 0 Å². The molecule has 0 aromatic heterocycles. The molecule has 0 rings (SSSR count). The van der Waals surface area contributed by atoms with Crippen LogP contribution in [-0.2, 0) is 8.85 Å². The first kappa shape index (κ1) is 21.5. The van der Waals surface area contributed by atoms with E-state index in [1.807, 2.05) is 0 Å². The molecule has 2 nitrogen and oxygen atoms in total. The molecule has 0 aromatic rings. The fourth-order valence-electron chi connectivity index (χ4n) is 2.14. The highest BCUT2D eigenvalue weighted by atomic mass is 32.2. The number of hydrogen-bond acceptors (Lipinski definition) is 3. The van der Waals surface area contributed by atoms with Crippen molar-refractivity contribution >= 4 is 21.0 Å². The number of hydrogen-bond donors (Lipinski definition) is 0. The average Bonchev–Trinajstić information content (AvgIpc) is 2.51. The Hall–Kier alpha value is 0.487. The minimum Gasteiger partial charge on any atom is -0.397 e. The molecule has 4 heteroatoms. The zero-order chi connectivity index (χ0) is 15.6. The molecule has 0 aliphatic carbocycles. The first-order valence-electron chi connectivity index (χ1n) is 9.16. The molecule has 0 aromatic carbocycles. The van der Waals surface area contributed by atoms with Crippen LogP contribution in [0.25, 0.3) is 0 Å². The summed E-state index contributed by atoms with van der Waals surface area (Å²) in [5.74, 6) is 2.67. The fraction of sp³-hybridized carbons (Fsp3) is 1.00. The maximum absolute atomic E-state index is 5.89. The summed E-state index contributed by atoms with van der Waals surface area (Å²) in [7, 11) is -1.36. The highest BCUT2D eigenvalue weighted by Gasteiger charge is 2.12. The van der Waals surface area contributed by atoms with E-state index in [4.69, 9.17) is 8.85 Å². The van der Waals surface area contributed by atoms with Gasteiger partial charge in [-0.25, -0.2) is 0 Å². The third kappa shape index (κ3) is 16.7. The third-order valence-corrected chi connectivity index (χ3v) is 6.64. The second kappa shape index (κ2) is 18.5. The van der Waals surface area contributed by atoms with Gasteiger partial charge in [0.2, 0.25) is 0 Å². The van der Waals surface area contributed by atoms with Crippen molar-refractivity contribution in [3.8, 4) is 0 Å². The molecule has 0 atom stereocenters. The maximum atomic E-state index is 5.89. The van der Waals surface area contributed by atoms with E-state index >= 15 is 0 Å². The van der Waals surface area contributed by atoms with Gasteiger partial charge in [0.1, 0.15) is 0 Å². The first-order valence-corrected chi connectivity index (χ1v) is 12.1. The highest BCUT2D eigenvalue weighted by molar-refractivity contribution is 7.99. The number of thioether (sulfide) groups is 1. The molecule has 0 fully saturated rings. The Labute approximate surface area is 139 Å². The summed E-state index contributed by atoms with van der Waals surface area (Å²) in [6, 6.07) is 1.19. The van der Waals surface area contributed by atoms with E-state index in [-0.39, 0.29) is 0 Å². The summed E-state index contributed by atoms with van der Waals surface area (Å²) in [5, 5.41) is 0. The van der Waals surface area contributed by atoms with Crippen LogP contribution < -0.4 is 0 Å². The Balaban J connectivity index is 3.35. The van der Waals surface area contributed by atoms with Crippen LogP contribution in [0.2, 0.25) is 6.04 Å². The highest BCUT2D eigenvalue weighted by Crippen LogP contribution is 2.13. The van der Waals surface area contributed by atoms with Crippen molar-refractivity contribution in [2.75, 3.05) is 24.7 Å². The zero-order valence-corrected chi connectivity index (χ0v) is 16.7. The Kier molecular flexibility index (Phi) is 19.0. The Morgan fingerprint density at radius 2 is 1.24 bits per heavy atom. The second-order valence-electron chi connectivity index (χ2n) is 5.69. The van der Waals surface area contributed by atoms with Gasteiger partial charge in [-0.3, -0.25) is 0 Å². The quantitative estimate of drug-likeness (QED) is 0.257. The van der Waals surface area contributed by atoms with Crippen molar-refractivity contribution in [2.24, 2.45) is 0 Å². The lowest BCUT2D eigenvalue weighted by molar-refractivity contribution is 0.196.